The number of rotatable bonds is 9. The lowest BCUT2D eigenvalue weighted by Crippen LogP contribution is -2.57. The average molecular weight is 626 g/mol. The summed E-state index contributed by atoms with van der Waals surface area (Å²) in [6, 6.07) is 20.2. The van der Waals surface area contributed by atoms with Crippen LogP contribution >= 0.6 is 23.2 Å². The zero-order chi connectivity index (χ0) is 30.6. The number of benzene rings is 3. The first-order valence-electron chi connectivity index (χ1n) is 14.1. The van der Waals surface area contributed by atoms with E-state index in [4.69, 9.17) is 32.7 Å². The van der Waals surface area contributed by atoms with E-state index in [2.05, 4.69) is 10.2 Å². The Labute approximate surface area is 261 Å². The third-order valence-electron chi connectivity index (χ3n) is 8.14. The Morgan fingerprint density at radius 2 is 1.65 bits per heavy atom. The summed E-state index contributed by atoms with van der Waals surface area (Å²) in [5.41, 5.74) is 1.41. The molecule has 226 valence electrons. The maximum Gasteiger partial charge on any atom is 0.255 e. The van der Waals surface area contributed by atoms with Gasteiger partial charge in [-0.2, -0.15) is 0 Å². The summed E-state index contributed by atoms with van der Waals surface area (Å²) in [4.78, 5) is 45.7. The maximum absolute atomic E-state index is 14.0. The summed E-state index contributed by atoms with van der Waals surface area (Å²) in [6.07, 6.45) is 1.45. The molecule has 2 heterocycles. The highest BCUT2D eigenvalue weighted by Gasteiger charge is 2.54. The van der Waals surface area contributed by atoms with Crippen molar-refractivity contribution in [2.75, 3.05) is 52.0 Å². The topological polar surface area (TPSA) is 91.4 Å². The molecule has 3 aromatic rings. The molecule has 0 aromatic heterocycles. The van der Waals surface area contributed by atoms with Crippen LogP contribution in [0.4, 0.5) is 5.69 Å². The van der Waals surface area contributed by atoms with Gasteiger partial charge >= 0.3 is 0 Å². The van der Waals surface area contributed by atoms with Gasteiger partial charge in [-0.1, -0.05) is 47.5 Å². The number of amides is 3. The van der Waals surface area contributed by atoms with Gasteiger partial charge in [-0.25, -0.2) is 0 Å². The lowest BCUT2D eigenvalue weighted by atomic mass is 9.85. The number of para-hydroxylation sites is 1. The lowest BCUT2D eigenvalue weighted by Gasteiger charge is -2.43. The first-order valence-corrected chi connectivity index (χ1v) is 14.9. The van der Waals surface area contributed by atoms with Gasteiger partial charge < -0.3 is 29.5 Å². The van der Waals surface area contributed by atoms with Crippen molar-refractivity contribution in [2.24, 2.45) is 0 Å². The van der Waals surface area contributed by atoms with Gasteiger partial charge in [0.05, 0.1) is 31.5 Å². The highest BCUT2D eigenvalue weighted by molar-refractivity contribution is 6.36. The molecule has 3 aromatic carbocycles. The van der Waals surface area contributed by atoms with Gasteiger partial charge in [-0.15, -0.1) is 0 Å². The van der Waals surface area contributed by atoms with Crippen molar-refractivity contribution in [1.29, 1.82) is 0 Å². The number of anilines is 1. The van der Waals surface area contributed by atoms with Crippen molar-refractivity contribution in [2.45, 2.75) is 24.8 Å². The normalized spacial score (nSPS) is 16.0. The zero-order valence-corrected chi connectivity index (χ0v) is 25.7. The van der Waals surface area contributed by atoms with Crippen molar-refractivity contribution in [3.63, 3.8) is 0 Å². The first-order chi connectivity index (χ1) is 20.8. The summed E-state index contributed by atoms with van der Waals surface area (Å²) < 4.78 is 10.7. The number of carbonyl (C=O) groups is 3. The van der Waals surface area contributed by atoms with E-state index in [0.29, 0.717) is 66.0 Å². The molecule has 0 unspecified atom stereocenters. The Morgan fingerprint density at radius 1 is 0.930 bits per heavy atom. The van der Waals surface area contributed by atoms with Crippen molar-refractivity contribution in [1.82, 2.24) is 15.1 Å². The van der Waals surface area contributed by atoms with E-state index in [9.17, 15) is 14.4 Å². The molecule has 0 saturated carbocycles. The fourth-order valence-corrected chi connectivity index (χ4v) is 6.34. The minimum atomic E-state index is -0.859. The van der Waals surface area contributed by atoms with Crippen molar-refractivity contribution >= 4 is 46.6 Å². The number of carbonyl (C=O) groups excluding carboxylic acids is 3. The number of ether oxygens (including phenoxy) is 2. The van der Waals surface area contributed by atoms with E-state index >= 15 is 0 Å². The molecule has 3 amide bonds. The average Bonchev–Trinajstić information content (AvgIpc) is 3.27. The second kappa shape index (κ2) is 13.1. The molecule has 1 spiro atoms. The first kappa shape index (κ1) is 30.5. The maximum atomic E-state index is 14.0. The summed E-state index contributed by atoms with van der Waals surface area (Å²) in [7, 11) is 3.17. The number of nitrogens with one attached hydrogen (secondary N) is 1. The second-order valence-corrected chi connectivity index (χ2v) is 11.5. The molecule has 11 heteroatoms. The third-order valence-corrected chi connectivity index (χ3v) is 8.69. The minimum Gasteiger partial charge on any atom is -0.493 e. The van der Waals surface area contributed by atoms with Gasteiger partial charge in [0.2, 0.25) is 5.91 Å². The standard InChI is InChI=1S/C32H34Cl2N4O5/c1-42-27-11-8-22(18-28(27)43-2)12-15-35-29(39)20-37-21-38(24-6-4-3-5-7-24)32(31(37)41)13-16-36(17-14-32)30(40)25-10-9-23(33)19-26(25)34/h3-11,18-19H,12-17,20-21H2,1-2H3,(H,35,39). The van der Waals surface area contributed by atoms with Crippen molar-refractivity contribution in [3.8, 4) is 11.5 Å². The second-order valence-electron chi connectivity index (χ2n) is 10.6. The van der Waals surface area contributed by atoms with Crippen LogP contribution in [0.2, 0.25) is 10.0 Å². The van der Waals surface area contributed by atoms with Gasteiger partial charge in [0.25, 0.3) is 11.8 Å². The van der Waals surface area contributed by atoms with Crippen LogP contribution in [0.25, 0.3) is 0 Å². The van der Waals surface area contributed by atoms with E-state index in [1.807, 2.05) is 48.5 Å². The van der Waals surface area contributed by atoms with Crippen LogP contribution in [0.15, 0.2) is 66.7 Å². The van der Waals surface area contributed by atoms with E-state index in [0.717, 1.165) is 11.3 Å². The molecular weight excluding hydrogens is 591 g/mol. The molecule has 0 radical (unpaired) electrons. The van der Waals surface area contributed by atoms with Crippen LogP contribution < -0.4 is 19.7 Å². The smallest absolute Gasteiger partial charge is 0.255 e. The van der Waals surface area contributed by atoms with Gasteiger partial charge in [-0.3, -0.25) is 14.4 Å². The van der Waals surface area contributed by atoms with Crippen LogP contribution in [-0.4, -0.2) is 80.1 Å². The summed E-state index contributed by atoms with van der Waals surface area (Å²) in [6.45, 7) is 1.38. The Balaban J connectivity index is 1.25. The molecule has 2 fully saturated rings. The quantitative estimate of drug-likeness (QED) is 0.373. The Hall–Kier alpha value is -3.95. The molecule has 5 rings (SSSR count). The molecule has 2 aliphatic heterocycles. The summed E-state index contributed by atoms with van der Waals surface area (Å²) in [5.74, 6) is 0.735. The van der Waals surface area contributed by atoms with Crippen molar-refractivity contribution in [3.05, 3.63) is 87.9 Å². The SMILES string of the molecule is COc1ccc(CCNC(=O)CN2CN(c3ccccc3)C3(CCN(C(=O)c4ccc(Cl)cc4Cl)CC3)C2=O)cc1OC. The number of methoxy groups -OCH3 is 2. The number of hydrogen-bond donors (Lipinski definition) is 1. The molecule has 0 aliphatic carbocycles. The molecule has 43 heavy (non-hydrogen) atoms. The lowest BCUT2D eigenvalue weighted by molar-refractivity contribution is -0.137. The molecule has 2 saturated heterocycles. The van der Waals surface area contributed by atoms with Gasteiger partial charge in [0, 0.05) is 30.3 Å². The summed E-state index contributed by atoms with van der Waals surface area (Å²) >= 11 is 12.3. The van der Waals surface area contributed by atoms with E-state index < -0.39 is 5.54 Å². The number of nitrogens with zero attached hydrogens (tertiary/aromatic N) is 3. The van der Waals surface area contributed by atoms with E-state index in [1.165, 1.54) is 0 Å². The summed E-state index contributed by atoms with van der Waals surface area (Å²) in [5, 5.41) is 3.69. The van der Waals surface area contributed by atoms with Gasteiger partial charge in [0.15, 0.2) is 11.5 Å². The Morgan fingerprint density at radius 3 is 2.33 bits per heavy atom. The van der Waals surface area contributed by atoms with Gasteiger partial charge in [-0.05, 0) is 67.3 Å². The Kier molecular flexibility index (Phi) is 9.32. The fourth-order valence-electron chi connectivity index (χ4n) is 5.85. The zero-order valence-electron chi connectivity index (χ0n) is 24.1. The molecule has 9 nitrogen and oxygen atoms in total. The molecule has 0 bridgehead atoms. The molecular formula is C32H34Cl2N4O5. The van der Waals surface area contributed by atoms with Crippen LogP contribution in [0.3, 0.4) is 0 Å². The van der Waals surface area contributed by atoms with Crippen LogP contribution in [0.5, 0.6) is 11.5 Å². The van der Waals surface area contributed by atoms with Crippen molar-refractivity contribution < 1.29 is 23.9 Å². The third kappa shape index (κ3) is 6.38. The van der Waals surface area contributed by atoms with Gasteiger partial charge in [0.1, 0.15) is 12.1 Å². The molecule has 2 aliphatic rings. The monoisotopic (exact) mass is 624 g/mol. The predicted molar refractivity (Wildman–Crippen MR) is 166 cm³/mol. The number of halogens is 2. The van der Waals surface area contributed by atoms with Crippen LogP contribution in [-0.2, 0) is 16.0 Å². The molecule has 1 N–H and O–H groups in total. The van der Waals surface area contributed by atoms with Crippen LogP contribution in [0, 0.1) is 0 Å². The Bertz CT molecular complexity index is 1490. The number of piperidine rings is 1. The highest BCUT2D eigenvalue weighted by atomic mass is 35.5. The van der Waals surface area contributed by atoms with E-state index in [1.54, 1.807) is 42.2 Å². The van der Waals surface area contributed by atoms with E-state index in [-0.39, 0.29) is 30.9 Å². The predicted octanol–water partition coefficient (Wildman–Crippen LogP) is 4.65. The number of likely N-dealkylation sites (tertiary alicyclic amines) is 1. The minimum absolute atomic E-state index is 0.0567. The fraction of sp³-hybridized carbons (Fsp3) is 0.344. The number of hydrogen-bond acceptors (Lipinski definition) is 6. The highest BCUT2D eigenvalue weighted by Crippen LogP contribution is 2.40. The largest absolute Gasteiger partial charge is 0.493 e. The molecule has 0 atom stereocenters. The van der Waals surface area contributed by atoms with Crippen LogP contribution in [0.1, 0.15) is 28.8 Å².